The van der Waals surface area contributed by atoms with Gasteiger partial charge in [0.1, 0.15) is 25.7 Å². The molecule has 1 heterocycles. The van der Waals surface area contributed by atoms with Crippen LogP contribution in [-0.2, 0) is 11.3 Å². The molecule has 2 aromatic rings. The van der Waals surface area contributed by atoms with Gasteiger partial charge in [-0.05, 0) is 43.3 Å². The third-order valence-electron chi connectivity index (χ3n) is 4.75. The molecule has 138 valence electrons. The van der Waals surface area contributed by atoms with Crippen molar-refractivity contribution >= 4 is 23.0 Å². The number of quaternary nitrogens is 1. The number of hydrogen-bond acceptors (Lipinski definition) is 2. The lowest BCUT2D eigenvalue weighted by molar-refractivity contribution is -0.925. The third kappa shape index (κ3) is 5.53. The van der Waals surface area contributed by atoms with Crippen LogP contribution in [0.5, 0.6) is 0 Å². The van der Waals surface area contributed by atoms with Crippen LogP contribution in [0.3, 0.4) is 0 Å². The van der Waals surface area contributed by atoms with Crippen molar-refractivity contribution in [2.45, 2.75) is 26.5 Å². The summed E-state index contributed by atoms with van der Waals surface area (Å²) in [6, 6.07) is 17.0. The Morgan fingerprint density at radius 1 is 1.19 bits per heavy atom. The maximum atomic E-state index is 5.92. The number of hydrogen-bond donors (Lipinski definition) is 3. The predicted octanol–water partition coefficient (Wildman–Crippen LogP) is 2.07. The van der Waals surface area contributed by atoms with Gasteiger partial charge >= 0.3 is 0 Å². The van der Waals surface area contributed by atoms with Gasteiger partial charge in [0, 0.05) is 17.8 Å². The van der Waals surface area contributed by atoms with Crippen LogP contribution in [0.15, 0.2) is 48.5 Å². The number of anilines is 1. The van der Waals surface area contributed by atoms with Crippen LogP contribution in [0.1, 0.15) is 16.7 Å². The summed E-state index contributed by atoms with van der Waals surface area (Å²) in [4.78, 5) is 1.56. The number of aryl methyl sites for hydroxylation is 2. The van der Waals surface area contributed by atoms with Crippen LogP contribution >= 0.6 is 12.2 Å². The Morgan fingerprint density at radius 2 is 2.00 bits per heavy atom. The zero-order valence-corrected chi connectivity index (χ0v) is 16.4. The molecule has 0 saturated carbocycles. The van der Waals surface area contributed by atoms with Crippen molar-refractivity contribution in [3.05, 3.63) is 65.2 Å². The lowest BCUT2D eigenvalue weighted by atomic mass is 10.1. The summed E-state index contributed by atoms with van der Waals surface area (Å²) in [7, 11) is 0. The number of morpholine rings is 1. The number of benzene rings is 2. The Kier molecular flexibility index (Phi) is 6.61. The molecule has 3 N–H and O–H groups in total. The molecular weight excluding hydrogens is 342 g/mol. The molecule has 1 fully saturated rings. The molecule has 1 saturated heterocycles. The highest BCUT2D eigenvalue weighted by molar-refractivity contribution is 7.80. The van der Waals surface area contributed by atoms with E-state index in [1.54, 1.807) is 4.90 Å². The van der Waals surface area contributed by atoms with Gasteiger partial charge in [-0.2, -0.15) is 0 Å². The second-order valence-corrected chi connectivity index (χ2v) is 7.42. The van der Waals surface area contributed by atoms with E-state index in [0.717, 1.165) is 38.5 Å². The van der Waals surface area contributed by atoms with E-state index >= 15 is 0 Å². The average Bonchev–Trinajstić information content (AvgIpc) is 2.64. The van der Waals surface area contributed by atoms with Crippen LogP contribution < -0.4 is 15.5 Å². The van der Waals surface area contributed by atoms with Crippen molar-refractivity contribution in [2.75, 3.05) is 31.6 Å². The zero-order valence-electron chi connectivity index (χ0n) is 15.5. The Balaban J connectivity index is 1.46. The van der Waals surface area contributed by atoms with Gasteiger partial charge in [0.15, 0.2) is 5.11 Å². The first-order chi connectivity index (χ1) is 12.6. The molecule has 0 spiro atoms. The van der Waals surface area contributed by atoms with Gasteiger partial charge in [-0.3, -0.25) is 0 Å². The maximum absolute atomic E-state index is 5.92. The summed E-state index contributed by atoms with van der Waals surface area (Å²) < 4.78 is 5.92. The smallest absolute Gasteiger partial charge is 0.170 e. The van der Waals surface area contributed by atoms with Crippen molar-refractivity contribution in [1.29, 1.82) is 0 Å². The summed E-state index contributed by atoms with van der Waals surface area (Å²) in [6.07, 6.45) is 0.181. The minimum absolute atomic E-state index is 0.181. The molecule has 1 unspecified atom stereocenters. The van der Waals surface area contributed by atoms with Gasteiger partial charge in [0.2, 0.25) is 0 Å². The van der Waals surface area contributed by atoms with E-state index in [0.29, 0.717) is 5.11 Å². The SMILES string of the molecule is Cc1ccc(C)c(NC(=S)NC[C@@H]2C[NH+](Cc3ccccc3)CCO2)c1. The van der Waals surface area contributed by atoms with Gasteiger partial charge in [-0.1, -0.05) is 42.5 Å². The topological polar surface area (TPSA) is 37.7 Å². The van der Waals surface area contributed by atoms with E-state index < -0.39 is 0 Å². The molecule has 0 radical (unpaired) electrons. The molecule has 0 bridgehead atoms. The first-order valence-electron chi connectivity index (χ1n) is 9.21. The molecule has 1 aliphatic heterocycles. The van der Waals surface area contributed by atoms with Gasteiger partial charge < -0.3 is 20.3 Å². The highest BCUT2D eigenvalue weighted by atomic mass is 32.1. The van der Waals surface area contributed by atoms with Gasteiger partial charge in [0.05, 0.1) is 6.61 Å². The molecule has 3 rings (SSSR count). The fourth-order valence-corrected chi connectivity index (χ4v) is 3.47. The van der Waals surface area contributed by atoms with E-state index in [1.165, 1.54) is 16.7 Å². The van der Waals surface area contributed by atoms with Crippen LogP contribution in [0.4, 0.5) is 5.69 Å². The number of ether oxygens (including phenoxy) is 1. The summed E-state index contributed by atoms with van der Waals surface area (Å²) in [5.41, 5.74) is 4.84. The molecule has 26 heavy (non-hydrogen) atoms. The molecule has 0 aromatic heterocycles. The van der Waals surface area contributed by atoms with Crippen LogP contribution in [0.25, 0.3) is 0 Å². The lowest BCUT2D eigenvalue weighted by Gasteiger charge is -2.30. The molecule has 5 heteroatoms. The summed E-state index contributed by atoms with van der Waals surface area (Å²) in [5.74, 6) is 0. The molecule has 2 atom stereocenters. The molecule has 0 amide bonds. The standard InChI is InChI=1S/C21H27N3OS/c1-16-8-9-17(2)20(12-16)23-21(26)22-13-19-15-24(10-11-25-19)14-18-6-4-3-5-7-18/h3-9,12,19H,10-11,13-15H2,1-2H3,(H2,22,23,26)/p+1/t19-/m1/s1. The molecule has 0 aliphatic carbocycles. The lowest BCUT2D eigenvalue weighted by Crippen LogP contribution is -3.13. The number of nitrogens with one attached hydrogen (secondary N) is 3. The van der Waals surface area contributed by atoms with E-state index in [4.69, 9.17) is 17.0 Å². The monoisotopic (exact) mass is 370 g/mol. The summed E-state index contributed by atoms with van der Waals surface area (Å²) >= 11 is 5.46. The highest BCUT2D eigenvalue weighted by Gasteiger charge is 2.23. The molecule has 4 nitrogen and oxygen atoms in total. The summed E-state index contributed by atoms with van der Waals surface area (Å²) in [5, 5.41) is 7.26. The van der Waals surface area contributed by atoms with E-state index in [2.05, 4.69) is 73.0 Å². The highest BCUT2D eigenvalue weighted by Crippen LogP contribution is 2.16. The average molecular weight is 371 g/mol. The van der Waals surface area contributed by atoms with Crippen LogP contribution in [0, 0.1) is 13.8 Å². The Hall–Kier alpha value is -1.95. The van der Waals surface area contributed by atoms with Gasteiger partial charge in [-0.15, -0.1) is 0 Å². The van der Waals surface area contributed by atoms with Crippen molar-refractivity contribution in [2.24, 2.45) is 0 Å². The maximum Gasteiger partial charge on any atom is 0.170 e. The van der Waals surface area contributed by atoms with Crippen molar-refractivity contribution in [3.8, 4) is 0 Å². The van der Waals surface area contributed by atoms with Crippen LogP contribution in [-0.4, -0.2) is 37.5 Å². The third-order valence-corrected chi connectivity index (χ3v) is 5.00. The predicted molar refractivity (Wildman–Crippen MR) is 111 cm³/mol. The molecule has 2 aromatic carbocycles. The zero-order chi connectivity index (χ0) is 18.4. The molecule has 1 aliphatic rings. The Labute approximate surface area is 161 Å². The fraction of sp³-hybridized carbons (Fsp3) is 0.381. The Morgan fingerprint density at radius 3 is 2.81 bits per heavy atom. The Bertz CT molecular complexity index is 735. The summed E-state index contributed by atoms with van der Waals surface area (Å²) in [6.45, 7) is 8.79. The normalized spacial score (nSPS) is 19.8. The van der Waals surface area contributed by atoms with Crippen molar-refractivity contribution in [3.63, 3.8) is 0 Å². The van der Waals surface area contributed by atoms with E-state index in [1.807, 2.05) is 0 Å². The van der Waals surface area contributed by atoms with Crippen molar-refractivity contribution < 1.29 is 9.64 Å². The van der Waals surface area contributed by atoms with Gasteiger partial charge in [-0.25, -0.2) is 0 Å². The van der Waals surface area contributed by atoms with E-state index in [9.17, 15) is 0 Å². The number of thiocarbonyl (C=S) groups is 1. The quantitative estimate of drug-likeness (QED) is 0.705. The van der Waals surface area contributed by atoms with E-state index in [-0.39, 0.29) is 6.10 Å². The second-order valence-electron chi connectivity index (χ2n) is 7.01. The largest absolute Gasteiger partial charge is 0.365 e. The first kappa shape index (κ1) is 18.8. The van der Waals surface area contributed by atoms with Crippen LogP contribution in [0.2, 0.25) is 0 Å². The van der Waals surface area contributed by atoms with Crippen molar-refractivity contribution in [1.82, 2.24) is 5.32 Å². The minimum Gasteiger partial charge on any atom is -0.365 e. The van der Waals surface area contributed by atoms with Gasteiger partial charge in [0.25, 0.3) is 0 Å². The minimum atomic E-state index is 0.181. The number of rotatable bonds is 5. The first-order valence-corrected chi connectivity index (χ1v) is 9.62. The molecular formula is C21H28N3OS+. The second kappa shape index (κ2) is 9.12. The fourth-order valence-electron chi connectivity index (χ4n) is 3.27.